The van der Waals surface area contributed by atoms with E-state index in [0.717, 1.165) is 11.6 Å². The van der Waals surface area contributed by atoms with E-state index in [4.69, 9.17) is 11.6 Å². The monoisotopic (exact) mass is 231 g/mol. The molecule has 0 spiro atoms. The van der Waals surface area contributed by atoms with Gasteiger partial charge in [-0.1, -0.05) is 24.6 Å². The smallest absolute Gasteiger partial charge is 0.0409 e. The maximum atomic E-state index is 5.97. The van der Waals surface area contributed by atoms with Crippen LogP contribution in [0.3, 0.4) is 0 Å². The van der Waals surface area contributed by atoms with Crippen molar-refractivity contribution in [1.82, 2.24) is 5.32 Å². The van der Waals surface area contributed by atoms with Gasteiger partial charge in [0, 0.05) is 17.6 Å². The lowest BCUT2D eigenvalue weighted by Crippen LogP contribution is -2.30. The zero-order chi connectivity index (χ0) is 9.42. The van der Waals surface area contributed by atoms with Gasteiger partial charge in [0.2, 0.25) is 0 Å². The first-order chi connectivity index (χ1) is 6.18. The first kappa shape index (κ1) is 11.8. The molecule has 0 fully saturated rings. The van der Waals surface area contributed by atoms with Gasteiger partial charge < -0.3 is 5.32 Å². The van der Waals surface area contributed by atoms with Crippen LogP contribution in [-0.4, -0.2) is 6.54 Å². The number of rotatable bonds is 0. The minimum atomic E-state index is 0. The summed E-state index contributed by atoms with van der Waals surface area (Å²) >= 11 is 5.97. The first-order valence-corrected chi connectivity index (χ1v) is 5.09. The average Bonchev–Trinajstić information content (AvgIpc) is 2.12. The minimum absolute atomic E-state index is 0. The van der Waals surface area contributed by atoms with Crippen LogP contribution in [0.2, 0.25) is 5.02 Å². The van der Waals surface area contributed by atoms with Crippen LogP contribution in [0.1, 0.15) is 36.9 Å². The second-order valence-electron chi connectivity index (χ2n) is 3.80. The fraction of sp³-hybridized carbons (Fsp3) is 0.455. The Morgan fingerprint density at radius 3 is 2.71 bits per heavy atom. The molecule has 14 heavy (non-hydrogen) atoms. The highest BCUT2D eigenvalue weighted by molar-refractivity contribution is 6.30. The van der Waals surface area contributed by atoms with Crippen molar-refractivity contribution in [3.8, 4) is 0 Å². The fourth-order valence-electron chi connectivity index (χ4n) is 1.94. The molecular formula is C11H15Cl2N. The maximum absolute atomic E-state index is 5.97. The summed E-state index contributed by atoms with van der Waals surface area (Å²) in [5.41, 5.74) is 2.79. The van der Waals surface area contributed by atoms with Crippen LogP contribution in [0.4, 0.5) is 0 Å². The minimum Gasteiger partial charge on any atom is -0.310 e. The molecule has 0 bridgehead atoms. The van der Waals surface area contributed by atoms with Gasteiger partial charge in [-0.2, -0.15) is 0 Å². The molecule has 1 N–H and O–H groups in total. The molecule has 0 radical (unpaired) electrons. The summed E-state index contributed by atoms with van der Waals surface area (Å²) in [7, 11) is 0. The Labute approximate surface area is 96.3 Å². The highest BCUT2D eigenvalue weighted by Gasteiger charge is 2.20. The van der Waals surface area contributed by atoms with Crippen molar-refractivity contribution in [1.29, 1.82) is 0 Å². The molecule has 1 aromatic rings. The van der Waals surface area contributed by atoms with Gasteiger partial charge >= 0.3 is 0 Å². The Morgan fingerprint density at radius 2 is 2.00 bits per heavy atom. The molecule has 78 valence electrons. The van der Waals surface area contributed by atoms with Crippen molar-refractivity contribution in [2.45, 2.75) is 25.8 Å². The molecule has 2 atom stereocenters. The lowest BCUT2D eigenvalue weighted by molar-refractivity contribution is 0.495. The lowest BCUT2D eigenvalue weighted by Gasteiger charge is -2.28. The maximum Gasteiger partial charge on any atom is 0.0409 e. The molecule has 1 aromatic carbocycles. The van der Waals surface area contributed by atoms with Gasteiger partial charge in [0.25, 0.3) is 0 Å². The van der Waals surface area contributed by atoms with E-state index in [2.05, 4.69) is 31.3 Å². The van der Waals surface area contributed by atoms with E-state index < -0.39 is 0 Å². The van der Waals surface area contributed by atoms with E-state index in [1.54, 1.807) is 0 Å². The molecule has 3 heteroatoms. The molecule has 0 aliphatic carbocycles. The van der Waals surface area contributed by atoms with Crippen LogP contribution >= 0.6 is 24.0 Å². The Hall–Kier alpha value is -0.240. The largest absolute Gasteiger partial charge is 0.310 e. The van der Waals surface area contributed by atoms with Crippen molar-refractivity contribution in [3.63, 3.8) is 0 Å². The lowest BCUT2D eigenvalue weighted by atomic mass is 9.88. The van der Waals surface area contributed by atoms with Crippen molar-refractivity contribution < 1.29 is 0 Å². The molecule has 0 saturated carbocycles. The number of nitrogens with one attached hydrogen (secondary N) is 1. The summed E-state index contributed by atoms with van der Waals surface area (Å²) in [6.07, 6.45) is 0. The third-order valence-electron chi connectivity index (χ3n) is 2.78. The van der Waals surface area contributed by atoms with Gasteiger partial charge in [-0.15, -0.1) is 12.4 Å². The number of benzene rings is 1. The van der Waals surface area contributed by atoms with Gasteiger partial charge in [0.15, 0.2) is 0 Å². The molecule has 1 heterocycles. The number of fused-ring (bicyclic) bond motifs is 1. The first-order valence-electron chi connectivity index (χ1n) is 4.71. The van der Waals surface area contributed by atoms with Gasteiger partial charge in [-0.3, -0.25) is 0 Å². The van der Waals surface area contributed by atoms with Crippen molar-refractivity contribution in [3.05, 3.63) is 34.3 Å². The van der Waals surface area contributed by atoms with Gasteiger partial charge in [0.1, 0.15) is 0 Å². The highest BCUT2D eigenvalue weighted by atomic mass is 35.5. The van der Waals surface area contributed by atoms with Gasteiger partial charge in [0.05, 0.1) is 0 Å². The predicted molar refractivity (Wildman–Crippen MR) is 63.5 cm³/mol. The zero-order valence-corrected chi connectivity index (χ0v) is 9.95. The number of hydrogen-bond acceptors (Lipinski definition) is 1. The van der Waals surface area contributed by atoms with Crippen LogP contribution in [0, 0.1) is 0 Å². The Bertz CT molecular complexity index is 325. The number of halogens is 2. The molecule has 2 rings (SSSR count). The molecule has 1 nitrogen and oxygen atoms in total. The van der Waals surface area contributed by atoms with Crippen molar-refractivity contribution in [2.24, 2.45) is 0 Å². The summed E-state index contributed by atoms with van der Waals surface area (Å²) < 4.78 is 0. The predicted octanol–water partition coefficient (Wildman–Crippen LogP) is 3.53. The van der Waals surface area contributed by atoms with E-state index in [0.29, 0.717) is 12.0 Å². The summed E-state index contributed by atoms with van der Waals surface area (Å²) in [5, 5.41) is 4.31. The van der Waals surface area contributed by atoms with Crippen molar-refractivity contribution in [2.75, 3.05) is 6.54 Å². The summed E-state index contributed by atoms with van der Waals surface area (Å²) in [6, 6.07) is 6.66. The quantitative estimate of drug-likeness (QED) is 0.721. The third kappa shape index (κ3) is 2.05. The zero-order valence-electron chi connectivity index (χ0n) is 8.38. The van der Waals surface area contributed by atoms with E-state index in [1.165, 1.54) is 11.1 Å². The van der Waals surface area contributed by atoms with Gasteiger partial charge in [-0.25, -0.2) is 0 Å². The second-order valence-corrected chi connectivity index (χ2v) is 4.24. The Balaban J connectivity index is 0.000000980. The van der Waals surface area contributed by atoms with E-state index >= 15 is 0 Å². The van der Waals surface area contributed by atoms with Crippen molar-refractivity contribution >= 4 is 24.0 Å². The van der Waals surface area contributed by atoms with Crippen LogP contribution in [-0.2, 0) is 0 Å². The highest BCUT2D eigenvalue weighted by Crippen LogP contribution is 2.31. The summed E-state index contributed by atoms with van der Waals surface area (Å²) in [6.45, 7) is 5.47. The molecule has 2 unspecified atom stereocenters. The molecule has 1 aliphatic heterocycles. The molecule has 0 saturated heterocycles. The van der Waals surface area contributed by atoms with Crippen LogP contribution in [0.15, 0.2) is 18.2 Å². The topological polar surface area (TPSA) is 12.0 Å². The summed E-state index contributed by atoms with van der Waals surface area (Å²) in [5.74, 6) is 0.574. The Kier molecular flexibility index (Phi) is 3.82. The van der Waals surface area contributed by atoms with E-state index in [1.807, 2.05) is 6.07 Å². The normalized spacial score (nSPS) is 25.1. The second kappa shape index (κ2) is 4.52. The fourth-order valence-corrected chi connectivity index (χ4v) is 2.12. The SMILES string of the molecule is CC1CNC(C)c2ccc(Cl)cc21.Cl. The number of hydrogen-bond donors (Lipinski definition) is 1. The summed E-state index contributed by atoms with van der Waals surface area (Å²) in [4.78, 5) is 0. The molecule has 1 aliphatic rings. The molecular weight excluding hydrogens is 217 g/mol. The Morgan fingerprint density at radius 1 is 1.29 bits per heavy atom. The standard InChI is InChI=1S/C11H14ClN.ClH/c1-7-6-13-8(2)10-4-3-9(12)5-11(7)10;/h3-5,7-8,13H,6H2,1-2H3;1H. The van der Waals surface area contributed by atoms with Crippen LogP contribution in [0.5, 0.6) is 0 Å². The van der Waals surface area contributed by atoms with E-state index in [9.17, 15) is 0 Å². The van der Waals surface area contributed by atoms with Crippen LogP contribution in [0.25, 0.3) is 0 Å². The average molecular weight is 232 g/mol. The van der Waals surface area contributed by atoms with Crippen LogP contribution < -0.4 is 5.32 Å². The van der Waals surface area contributed by atoms with Gasteiger partial charge in [-0.05, 0) is 36.1 Å². The third-order valence-corrected chi connectivity index (χ3v) is 3.01. The van der Waals surface area contributed by atoms with E-state index in [-0.39, 0.29) is 12.4 Å². The molecule has 0 amide bonds. The molecule has 0 aromatic heterocycles.